The molecule has 1 saturated heterocycles. The zero-order valence-electron chi connectivity index (χ0n) is 12.7. The molecule has 1 fully saturated rings. The number of amides is 2. The van der Waals surface area contributed by atoms with E-state index in [0.717, 1.165) is 5.56 Å². The monoisotopic (exact) mass is 330 g/mol. The Labute approximate surface area is 139 Å². The number of hydrogen-bond acceptors (Lipinski definition) is 5. The number of thioether (sulfide) groups is 1. The first-order valence-corrected chi connectivity index (χ1v) is 8.14. The van der Waals surface area contributed by atoms with E-state index in [1.165, 1.54) is 11.8 Å². The average molecular weight is 330 g/mol. The molecule has 0 aliphatic carbocycles. The van der Waals surface area contributed by atoms with Crippen molar-refractivity contribution in [2.24, 2.45) is 10.2 Å². The van der Waals surface area contributed by atoms with Gasteiger partial charge in [0.2, 0.25) is 11.8 Å². The smallest absolute Gasteiger partial charge is 0.240 e. The van der Waals surface area contributed by atoms with E-state index in [4.69, 9.17) is 0 Å². The fraction of sp³-hybridized carbons (Fsp3) is 0.250. The second-order valence-corrected chi connectivity index (χ2v) is 5.88. The summed E-state index contributed by atoms with van der Waals surface area (Å²) in [5.74, 6) is -0.356. The summed E-state index contributed by atoms with van der Waals surface area (Å²) in [6.07, 6.45) is 5.36. The van der Waals surface area contributed by atoms with Crippen LogP contribution in [0.1, 0.15) is 18.9 Å². The van der Waals surface area contributed by atoms with Crippen LogP contribution in [0.25, 0.3) is 6.08 Å². The predicted octanol–water partition coefficient (Wildman–Crippen LogP) is 1.80. The highest BCUT2D eigenvalue weighted by atomic mass is 32.2. The molecule has 2 N–H and O–H groups in total. The van der Waals surface area contributed by atoms with Gasteiger partial charge < -0.3 is 10.6 Å². The van der Waals surface area contributed by atoms with Crippen molar-refractivity contribution in [3.63, 3.8) is 0 Å². The molecule has 23 heavy (non-hydrogen) atoms. The van der Waals surface area contributed by atoms with Gasteiger partial charge in [-0.2, -0.15) is 5.10 Å². The molecule has 1 atom stereocenters. The second-order valence-electron chi connectivity index (χ2n) is 4.69. The predicted molar refractivity (Wildman–Crippen MR) is 94.2 cm³/mol. The Hall–Kier alpha value is -2.41. The summed E-state index contributed by atoms with van der Waals surface area (Å²) in [4.78, 5) is 23.2. The fourth-order valence-corrected chi connectivity index (χ4v) is 2.79. The first-order chi connectivity index (χ1) is 11.2. The quantitative estimate of drug-likeness (QED) is 0.616. The van der Waals surface area contributed by atoms with E-state index in [1.54, 1.807) is 12.3 Å². The number of nitrogens with one attached hydrogen (secondary N) is 2. The molecule has 0 bridgehead atoms. The molecule has 1 aliphatic heterocycles. The van der Waals surface area contributed by atoms with Crippen molar-refractivity contribution in [3.8, 4) is 0 Å². The van der Waals surface area contributed by atoms with Gasteiger partial charge in [-0.15, -0.1) is 5.10 Å². The third-order valence-corrected chi connectivity index (χ3v) is 3.98. The van der Waals surface area contributed by atoms with Gasteiger partial charge in [0, 0.05) is 19.2 Å². The molecular formula is C16H18N4O2S. The van der Waals surface area contributed by atoms with Crippen LogP contribution >= 0.6 is 11.8 Å². The van der Waals surface area contributed by atoms with E-state index in [2.05, 4.69) is 20.8 Å². The third-order valence-electron chi connectivity index (χ3n) is 2.91. The largest absolute Gasteiger partial charge is 0.356 e. The van der Waals surface area contributed by atoms with Gasteiger partial charge in [-0.3, -0.25) is 9.59 Å². The number of hydrogen-bond donors (Lipinski definition) is 2. The lowest BCUT2D eigenvalue weighted by molar-refractivity contribution is -0.125. The molecule has 120 valence electrons. The minimum absolute atomic E-state index is 0.140. The van der Waals surface area contributed by atoms with Gasteiger partial charge in [-0.05, 0) is 18.6 Å². The molecule has 7 heteroatoms. The number of nitrogens with zero attached hydrogens (tertiary/aromatic N) is 2. The summed E-state index contributed by atoms with van der Waals surface area (Å²) in [5, 5.41) is 13.1. The topological polar surface area (TPSA) is 82.9 Å². The number of carbonyl (C=O) groups is 2. The van der Waals surface area contributed by atoms with Crippen molar-refractivity contribution in [3.05, 3.63) is 42.0 Å². The summed E-state index contributed by atoms with van der Waals surface area (Å²) in [6, 6.07) is 9.83. The van der Waals surface area contributed by atoms with E-state index in [-0.39, 0.29) is 18.2 Å². The second kappa shape index (κ2) is 8.89. The lowest BCUT2D eigenvalue weighted by Crippen LogP contribution is -2.31. The van der Waals surface area contributed by atoms with Gasteiger partial charge in [-0.25, -0.2) is 0 Å². The Morgan fingerprint density at radius 3 is 2.91 bits per heavy atom. The van der Waals surface area contributed by atoms with Gasteiger partial charge >= 0.3 is 0 Å². The standard InChI is InChI=1S/C16H18N4O2S/c1-2-17-14(21)11-13-15(22)19-16(23-13)20-18-10-6-9-12-7-4-3-5-8-12/h3-10,13H,2,11H2,1H3,(H,17,21)(H,19,20,22). The van der Waals surface area contributed by atoms with Crippen LogP contribution in [-0.4, -0.2) is 35.0 Å². The van der Waals surface area contributed by atoms with Crippen LogP contribution in [0.4, 0.5) is 0 Å². The zero-order valence-corrected chi connectivity index (χ0v) is 13.5. The highest BCUT2D eigenvalue weighted by Crippen LogP contribution is 2.22. The van der Waals surface area contributed by atoms with Crippen LogP contribution < -0.4 is 10.6 Å². The van der Waals surface area contributed by atoms with Crippen molar-refractivity contribution in [2.75, 3.05) is 6.54 Å². The Morgan fingerprint density at radius 1 is 1.39 bits per heavy atom. The van der Waals surface area contributed by atoms with Crippen LogP contribution in [0.3, 0.4) is 0 Å². The first-order valence-electron chi connectivity index (χ1n) is 7.26. The van der Waals surface area contributed by atoms with Gasteiger partial charge in [-0.1, -0.05) is 48.2 Å². The van der Waals surface area contributed by atoms with Gasteiger partial charge in [0.25, 0.3) is 0 Å². The van der Waals surface area contributed by atoms with Crippen LogP contribution in [-0.2, 0) is 9.59 Å². The molecule has 6 nitrogen and oxygen atoms in total. The van der Waals surface area contributed by atoms with Crippen LogP contribution in [0, 0.1) is 0 Å². The van der Waals surface area contributed by atoms with E-state index in [0.29, 0.717) is 11.7 Å². The first kappa shape index (κ1) is 17.0. The van der Waals surface area contributed by atoms with Crippen molar-refractivity contribution >= 4 is 41.0 Å². The lowest BCUT2D eigenvalue weighted by Gasteiger charge is -2.04. The summed E-state index contributed by atoms with van der Waals surface area (Å²) < 4.78 is 0. The fourth-order valence-electron chi connectivity index (χ4n) is 1.87. The summed E-state index contributed by atoms with van der Waals surface area (Å²) in [7, 11) is 0. The van der Waals surface area contributed by atoms with Crippen LogP contribution in [0.2, 0.25) is 0 Å². The molecule has 1 aliphatic rings. The minimum atomic E-state index is -0.449. The number of carbonyl (C=O) groups excluding carboxylic acids is 2. The Bertz CT molecular complexity index is 641. The SMILES string of the molecule is CCNC(=O)CC1S/C(=N\N=CC=Cc2ccccc2)NC1=O. The maximum atomic E-state index is 11.7. The van der Waals surface area contributed by atoms with Gasteiger partial charge in [0.05, 0.1) is 0 Å². The summed E-state index contributed by atoms with van der Waals surface area (Å²) in [6.45, 7) is 2.39. The molecule has 0 spiro atoms. The zero-order chi connectivity index (χ0) is 16.5. The normalized spacial score (nSPS) is 19.6. The molecule has 1 aromatic carbocycles. The van der Waals surface area contributed by atoms with Crippen molar-refractivity contribution in [1.29, 1.82) is 0 Å². The summed E-state index contributed by atoms with van der Waals surface area (Å²) >= 11 is 1.22. The van der Waals surface area contributed by atoms with E-state index in [1.807, 2.05) is 43.3 Å². The Balaban J connectivity index is 1.84. The van der Waals surface area contributed by atoms with Crippen LogP contribution in [0.5, 0.6) is 0 Å². The molecule has 1 aromatic rings. The van der Waals surface area contributed by atoms with Gasteiger partial charge in [0.1, 0.15) is 5.25 Å². The Kier molecular flexibility index (Phi) is 6.56. The number of rotatable bonds is 6. The van der Waals surface area contributed by atoms with Crippen molar-refractivity contribution < 1.29 is 9.59 Å². The number of benzene rings is 1. The van der Waals surface area contributed by atoms with E-state index < -0.39 is 5.25 Å². The molecule has 0 aromatic heterocycles. The summed E-state index contributed by atoms with van der Waals surface area (Å²) in [5.41, 5.74) is 1.07. The number of allylic oxidation sites excluding steroid dienone is 1. The maximum Gasteiger partial charge on any atom is 0.240 e. The van der Waals surface area contributed by atoms with Crippen molar-refractivity contribution in [2.45, 2.75) is 18.6 Å². The maximum absolute atomic E-state index is 11.7. The molecule has 1 unspecified atom stereocenters. The molecule has 0 saturated carbocycles. The highest BCUT2D eigenvalue weighted by molar-refractivity contribution is 8.15. The molecular weight excluding hydrogens is 312 g/mol. The highest BCUT2D eigenvalue weighted by Gasteiger charge is 2.31. The third kappa shape index (κ3) is 5.71. The van der Waals surface area contributed by atoms with Gasteiger partial charge in [0.15, 0.2) is 5.17 Å². The minimum Gasteiger partial charge on any atom is -0.356 e. The molecule has 2 rings (SSSR count). The Morgan fingerprint density at radius 2 is 2.17 bits per heavy atom. The average Bonchev–Trinajstić information content (AvgIpc) is 2.88. The van der Waals surface area contributed by atoms with E-state index >= 15 is 0 Å². The van der Waals surface area contributed by atoms with Crippen LogP contribution in [0.15, 0.2) is 46.6 Å². The molecule has 0 radical (unpaired) electrons. The number of amidine groups is 1. The van der Waals surface area contributed by atoms with Crippen molar-refractivity contribution in [1.82, 2.24) is 10.6 Å². The lowest BCUT2D eigenvalue weighted by atomic mass is 10.2. The molecule has 1 heterocycles. The van der Waals surface area contributed by atoms with E-state index in [9.17, 15) is 9.59 Å². The molecule has 2 amide bonds.